The summed E-state index contributed by atoms with van der Waals surface area (Å²) < 4.78 is 0. The van der Waals surface area contributed by atoms with E-state index in [0.717, 1.165) is 25.7 Å². The van der Waals surface area contributed by atoms with Crippen LogP contribution in [0.2, 0.25) is 0 Å². The van der Waals surface area contributed by atoms with E-state index in [1.54, 1.807) is 12.4 Å². The third-order valence-corrected chi connectivity index (χ3v) is 3.60. The van der Waals surface area contributed by atoms with E-state index >= 15 is 0 Å². The van der Waals surface area contributed by atoms with Gasteiger partial charge in [-0.2, -0.15) is 0 Å². The Balaban J connectivity index is 4.60. The SMILES string of the molecule is CCCCC/C=C\C/C(=C\C/C(=C\CCCC[C]=O)[N+](=O)[O-])[N+](=O)[O-]. The predicted octanol–water partition coefficient (Wildman–Crippen LogP) is 4.89. The zero-order valence-corrected chi connectivity index (χ0v) is 14.8. The molecule has 0 rings (SSSR count). The molecule has 0 aromatic carbocycles. The van der Waals surface area contributed by atoms with Crippen molar-refractivity contribution in [1.29, 1.82) is 0 Å². The Hall–Kier alpha value is -2.31. The highest BCUT2D eigenvalue weighted by Crippen LogP contribution is 2.13. The average Bonchev–Trinajstić information content (AvgIpc) is 2.57. The number of nitro groups is 2. The van der Waals surface area contributed by atoms with Crippen molar-refractivity contribution in [3.05, 3.63) is 55.9 Å². The Kier molecular flexibility index (Phi) is 13.8. The molecule has 0 N–H and O–H groups in total. The first-order chi connectivity index (χ1) is 12.0. The quantitative estimate of drug-likeness (QED) is 0.181. The van der Waals surface area contributed by atoms with Gasteiger partial charge in [0.1, 0.15) is 0 Å². The molecular weight excluding hydrogens is 324 g/mol. The van der Waals surface area contributed by atoms with Gasteiger partial charge in [0.25, 0.3) is 0 Å². The molecule has 0 spiro atoms. The minimum atomic E-state index is -0.513. The fourth-order valence-corrected chi connectivity index (χ4v) is 2.13. The van der Waals surface area contributed by atoms with E-state index in [2.05, 4.69) is 6.92 Å². The van der Waals surface area contributed by atoms with Crippen molar-refractivity contribution in [3.63, 3.8) is 0 Å². The third kappa shape index (κ3) is 12.7. The molecule has 0 fully saturated rings. The third-order valence-electron chi connectivity index (χ3n) is 3.60. The fraction of sp³-hybridized carbons (Fsp3) is 0.611. The summed E-state index contributed by atoms with van der Waals surface area (Å²) in [7, 11) is 0. The number of unbranched alkanes of at least 4 members (excludes halogenated alkanes) is 6. The van der Waals surface area contributed by atoms with Crippen molar-refractivity contribution in [2.45, 2.75) is 71.1 Å². The van der Waals surface area contributed by atoms with Crippen LogP contribution in [0.1, 0.15) is 71.1 Å². The van der Waals surface area contributed by atoms with E-state index in [0.29, 0.717) is 25.7 Å². The minimum absolute atomic E-state index is 0.0324. The summed E-state index contributed by atoms with van der Waals surface area (Å²) in [5.74, 6) is 0. The summed E-state index contributed by atoms with van der Waals surface area (Å²) >= 11 is 0. The molecule has 0 aromatic rings. The lowest BCUT2D eigenvalue weighted by Crippen LogP contribution is -2.01. The maximum Gasteiger partial charge on any atom is 0.246 e. The molecule has 0 heterocycles. The topological polar surface area (TPSA) is 103 Å². The number of hydrogen-bond donors (Lipinski definition) is 0. The van der Waals surface area contributed by atoms with Crippen LogP contribution in [0.15, 0.2) is 35.7 Å². The second kappa shape index (κ2) is 15.2. The maximum absolute atomic E-state index is 11.1. The van der Waals surface area contributed by atoms with Gasteiger partial charge in [-0.25, -0.2) is 0 Å². The highest BCUT2D eigenvalue weighted by molar-refractivity contribution is 5.50. The molecule has 7 nitrogen and oxygen atoms in total. The molecule has 0 aromatic heterocycles. The average molecular weight is 351 g/mol. The standard InChI is InChI=1S/C18H27N2O5/c1-2-3-4-5-6-9-12-17(19(22)23)14-15-18(20(24)25)13-10-7-8-11-16-21/h6,9,13-14H,2-5,7-8,10-12,15H2,1H3/b9-6-,17-14+,18-13+. The zero-order valence-electron chi connectivity index (χ0n) is 14.8. The van der Waals surface area contributed by atoms with Crippen LogP contribution in [0, 0.1) is 20.2 Å². The maximum atomic E-state index is 11.1. The fourth-order valence-electron chi connectivity index (χ4n) is 2.13. The molecule has 0 unspecified atom stereocenters. The van der Waals surface area contributed by atoms with Crippen molar-refractivity contribution in [2.75, 3.05) is 0 Å². The normalized spacial score (nSPS) is 12.5. The smallest absolute Gasteiger partial charge is 0.246 e. The van der Waals surface area contributed by atoms with E-state index in [4.69, 9.17) is 0 Å². The lowest BCUT2D eigenvalue weighted by Gasteiger charge is -1.97. The summed E-state index contributed by atoms with van der Waals surface area (Å²) in [5, 5.41) is 22.1. The van der Waals surface area contributed by atoms with Gasteiger partial charge in [-0.1, -0.05) is 31.9 Å². The van der Waals surface area contributed by atoms with Gasteiger partial charge >= 0.3 is 0 Å². The van der Waals surface area contributed by atoms with Crippen molar-refractivity contribution < 1.29 is 14.6 Å². The van der Waals surface area contributed by atoms with Gasteiger partial charge in [0.05, 0.1) is 22.7 Å². The van der Waals surface area contributed by atoms with Crippen molar-refractivity contribution in [3.8, 4) is 0 Å². The molecule has 0 aliphatic heterocycles. The zero-order chi connectivity index (χ0) is 18.9. The van der Waals surface area contributed by atoms with Gasteiger partial charge in [-0.3, -0.25) is 25.0 Å². The molecule has 139 valence electrons. The largest absolute Gasteiger partial charge is 0.291 e. The second-order valence-electron chi connectivity index (χ2n) is 5.67. The monoisotopic (exact) mass is 351 g/mol. The Bertz CT molecular complexity index is 510. The van der Waals surface area contributed by atoms with Crippen LogP contribution < -0.4 is 0 Å². The van der Waals surface area contributed by atoms with Crippen LogP contribution in [0.4, 0.5) is 0 Å². The number of carbonyl (C=O) groups excluding carboxylic acids is 1. The molecule has 0 aliphatic carbocycles. The molecule has 7 heteroatoms. The minimum Gasteiger partial charge on any atom is -0.291 e. The van der Waals surface area contributed by atoms with Crippen LogP contribution >= 0.6 is 0 Å². The van der Waals surface area contributed by atoms with Crippen LogP contribution in [-0.4, -0.2) is 16.1 Å². The number of allylic oxidation sites excluding steroid dienone is 4. The highest BCUT2D eigenvalue weighted by Gasteiger charge is 2.13. The lowest BCUT2D eigenvalue weighted by molar-refractivity contribution is -0.431. The summed E-state index contributed by atoms with van der Waals surface area (Å²) in [5.41, 5.74) is -0.0867. The molecule has 25 heavy (non-hydrogen) atoms. The number of hydrogen-bond acceptors (Lipinski definition) is 5. The number of nitrogens with zero attached hydrogens (tertiary/aromatic N) is 2. The summed E-state index contributed by atoms with van der Waals surface area (Å²) in [6.07, 6.45) is 14.6. The van der Waals surface area contributed by atoms with E-state index in [-0.39, 0.29) is 24.2 Å². The van der Waals surface area contributed by atoms with Crippen molar-refractivity contribution in [2.24, 2.45) is 0 Å². The second-order valence-corrected chi connectivity index (χ2v) is 5.67. The van der Waals surface area contributed by atoms with E-state index in [1.807, 2.05) is 6.08 Å². The van der Waals surface area contributed by atoms with E-state index in [9.17, 15) is 25.0 Å². The highest BCUT2D eigenvalue weighted by atomic mass is 16.6. The summed E-state index contributed by atoms with van der Waals surface area (Å²) in [6, 6.07) is 0. The first-order valence-corrected chi connectivity index (χ1v) is 8.69. The Morgan fingerprint density at radius 2 is 1.52 bits per heavy atom. The molecule has 0 saturated carbocycles. The first-order valence-electron chi connectivity index (χ1n) is 8.69. The van der Waals surface area contributed by atoms with Crippen LogP contribution in [0.3, 0.4) is 0 Å². The molecule has 0 bridgehead atoms. The predicted molar refractivity (Wildman–Crippen MR) is 96.8 cm³/mol. The summed E-state index contributed by atoms with van der Waals surface area (Å²) in [4.78, 5) is 31.2. The Morgan fingerprint density at radius 3 is 2.12 bits per heavy atom. The van der Waals surface area contributed by atoms with Crippen molar-refractivity contribution in [1.82, 2.24) is 0 Å². The van der Waals surface area contributed by atoms with Gasteiger partial charge in [0, 0.05) is 6.42 Å². The van der Waals surface area contributed by atoms with Gasteiger partial charge in [-0.15, -0.1) is 0 Å². The van der Waals surface area contributed by atoms with Crippen LogP contribution in [0.25, 0.3) is 0 Å². The Morgan fingerprint density at radius 1 is 0.880 bits per heavy atom. The molecular formula is C18H27N2O5. The Labute approximate surface area is 148 Å². The van der Waals surface area contributed by atoms with Crippen LogP contribution in [-0.2, 0) is 4.79 Å². The van der Waals surface area contributed by atoms with Crippen molar-refractivity contribution >= 4 is 6.29 Å². The van der Waals surface area contributed by atoms with Gasteiger partial charge in [-0.05, 0) is 44.3 Å². The summed E-state index contributed by atoms with van der Waals surface area (Å²) in [6.45, 7) is 2.11. The lowest BCUT2D eigenvalue weighted by atomic mass is 10.1. The molecule has 1 radical (unpaired) electrons. The molecule has 0 aliphatic rings. The van der Waals surface area contributed by atoms with Gasteiger partial charge < -0.3 is 0 Å². The number of rotatable bonds is 15. The first kappa shape index (κ1) is 22.7. The van der Waals surface area contributed by atoms with Gasteiger partial charge in [0.15, 0.2) is 6.29 Å². The molecule has 0 saturated heterocycles. The molecule has 0 amide bonds. The van der Waals surface area contributed by atoms with E-state index in [1.165, 1.54) is 12.2 Å². The van der Waals surface area contributed by atoms with E-state index < -0.39 is 9.85 Å². The van der Waals surface area contributed by atoms with Crippen LogP contribution in [0.5, 0.6) is 0 Å². The van der Waals surface area contributed by atoms with Gasteiger partial charge in [0.2, 0.25) is 11.4 Å². The molecule has 0 atom stereocenters.